The summed E-state index contributed by atoms with van der Waals surface area (Å²) in [5.74, 6) is -0.934. The van der Waals surface area contributed by atoms with E-state index >= 15 is 0 Å². The predicted molar refractivity (Wildman–Crippen MR) is 101 cm³/mol. The lowest BCUT2D eigenvalue weighted by Gasteiger charge is -2.18. The molecule has 0 aliphatic heterocycles. The number of nitrogens with zero attached hydrogens (tertiary/aromatic N) is 3. The van der Waals surface area contributed by atoms with Crippen LogP contribution in [0.4, 0.5) is 4.39 Å². The molecule has 154 valence electrons. The van der Waals surface area contributed by atoms with E-state index in [0.29, 0.717) is 5.89 Å². The van der Waals surface area contributed by atoms with Crippen LogP contribution in [-0.4, -0.2) is 41.9 Å². The van der Waals surface area contributed by atoms with E-state index in [0.717, 1.165) is 18.2 Å². The summed E-state index contributed by atoms with van der Waals surface area (Å²) in [6, 6.07) is 3.15. The van der Waals surface area contributed by atoms with Crippen molar-refractivity contribution in [2.75, 3.05) is 13.1 Å². The van der Waals surface area contributed by atoms with Crippen molar-refractivity contribution >= 4 is 15.9 Å². The van der Waals surface area contributed by atoms with Gasteiger partial charge < -0.3 is 9.84 Å². The number of halogens is 1. The smallest absolute Gasteiger partial charge is 0.254 e. The fourth-order valence-electron chi connectivity index (χ4n) is 2.44. The van der Waals surface area contributed by atoms with Crippen molar-refractivity contribution in [2.45, 2.75) is 51.5 Å². The Morgan fingerprint density at radius 1 is 1.25 bits per heavy atom. The van der Waals surface area contributed by atoms with Gasteiger partial charge >= 0.3 is 0 Å². The molecule has 1 amide bonds. The number of hydrogen-bond donors (Lipinski definition) is 1. The van der Waals surface area contributed by atoms with Crippen molar-refractivity contribution in [3.63, 3.8) is 0 Å². The topological polar surface area (TPSA) is 105 Å². The molecule has 0 saturated heterocycles. The zero-order chi connectivity index (χ0) is 21.1. The Balaban J connectivity index is 2.20. The van der Waals surface area contributed by atoms with E-state index in [4.69, 9.17) is 4.52 Å². The lowest BCUT2D eigenvalue weighted by molar-refractivity contribution is 0.0945. The van der Waals surface area contributed by atoms with Crippen LogP contribution in [-0.2, 0) is 22.0 Å². The molecule has 0 unspecified atom stereocenters. The third kappa shape index (κ3) is 4.74. The lowest BCUT2D eigenvalue weighted by atomic mass is 9.97. The van der Waals surface area contributed by atoms with E-state index in [1.807, 2.05) is 20.8 Å². The van der Waals surface area contributed by atoms with Crippen molar-refractivity contribution < 1.29 is 22.1 Å². The largest absolute Gasteiger partial charge is 0.345 e. The molecule has 2 aromatic rings. The monoisotopic (exact) mass is 412 g/mol. The van der Waals surface area contributed by atoms with Crippen LogP contribution >= 0.6 is 0 Å². The second-order valence-electron chi connectivity index (χ2n) is 7.18. The zero-order valence-corrected chi connectivity index (χ0v) is 17.4. The Morgan fingerprint density at radius 2 is 1.89 bits per heavy atom. The Morgan fingerprint density at radius 3 is 2.43 bits per heavy atom. The van der Waals surface area contributed by atoms with Gasteiger partial charge in [-0.25, -0.2) is 12.8 Å². The van der Waals surface area contributed by atoms with Crippen LogP contribution in [0, 0.1) is 5.82 Å². The molecule has 0 atom stereocenters. The van der Waals surface area contributed by atoms with E-state index in [2.05, 4.69) is 15.5 Å². The number of sulfonamides is 1. The van der Waals surface area contributed by atoms with Crippen LogP contribution in [0.2, 0.25) is 0 Å². The first-order valence-electron chi connectivity index (χ1n) is 8.91. The summed E-state index contributed by atoms with van der Waals surface area (Å²) >= 11 is 0. The third-order valence-electron chi connectivity index (χ3n) is 4.04. The van der Waals surface area contributed by atoms with Crippen molar-refractivity contribution in [1.29, 1.82) is 0 Å². The highest BCUT2D eigenvalue weighted by molar-refractivity contribution is 7.89. The maximum absolute atomic E-state index is 14.1. The molecular formula is C18H25FN4O4S. The standard InChI is InChI=1S/C18H25FN4O4S/c1-6-23(7-2)28(25,26)12-8-9-14(19)13(10-12)16(24)20-11-15-21-17(27-22-15)18(3,4)5/h8-10H,6-7,11H2,1-5H3,(H,20,24). The van der Waals surface area contributed by atoms with Gasteiger partial charge in [-0.05, 0) is 18.2 Å². The first-order chi connectivity index (χ1) is 13.0. The maximum atomic E-state index is 14.1. The Kier molecular flexibility index (Phi) is 6.56. The average Bonchev–Trinajstić information content (AvgIpc) is 3.10. The molecule has 0 saturated carbocycles. The van der Waals surface area contributed by atoms with Gasteiger partial charge in [0.05, 0.1) is 17.0 Å². The molecule has 0 aliphatic carbocycles. The van der Waals surface area contributed by atoms with E-state index < -0.39 is 21.7 Å². The number of carbonyl (C=O) groups excluding carboxylic acids is 1. The van der Waals surface area contributed by atoms with Gasteiger partial charge in [0.2, 0.25) is 15.9 Å². The molecule has 8 nitrogen and oxygen atoms in total. The van der Waals surface area contributed by atoms with Crippen LogP contribution in [0.5, 0.6) is 0 Å². The van der Waals surface area contributed by atoms with Gasteiger partial charge in [0.15, 0.2) is 5.82 Å². The Bertz CT molecular complexity index is 947. The maximum Gasteiger partial charge on any atom is 0.254 e. The number of aromatic nitrogens is 2. The zero-order valence-electron chi connectivity index (χ0n) is 16.6. The molecular weight excluding hydrogens is 387 g/mol. The summed E-state index contributed by atoms with van der Waals surface area (Å²) in [5.41, 5.74) is -0.707. The van der Waals surface area contributed by atoms with E-state index in [9.17, 15) is 17.6 Å². The van der Waals surface area contributed by atoms with Crippen molar-refractivity contribution in [2.24, 2.45) is 0 Å². The minimum absolute atomic E-state index is 0.0785. The fraction of sp³-hybridized carbons (Fsp3) is 0.500. The average molecular weight is 412 g/mol. The van der Waals surface area contributed by atoms with Gasteiger partial charge in [-0.15, -0.1) is 0 Å². The summed E-state index contributed by atoms with van der Waals surface area (Å²) in [5, 5.41) is 6.26. The molecule has 1 aromatic heterocycles. The predicted octanol–water partition coefficient (Wildman–Crippen LogP) is 2.47. The van der Waals surface area contributed by atoms with Gasteiger partial charge in [0.25, 0.3) is 5.91 Å². The molecule has 2 rings (SSSR count). The first kappa shape index (κ1) is 22.0. The summed E-state index contributed by atoms with van der Waals surface area (Å²) in [7, 11) is -3.81. The van der Waals surface area contributed by atoms with Crippen LogP contribution in [0.3, 0.4) is 0 Å². The second kappa shape index (κ2) is 8.36. The minimum atomic E-state index is -3.81. The number of carbonyl (C=O) groups is 1. The molecule has 0 fully saturated rings. The molecule has 1 N–H and O–H groups in total. The third-order valence-corrected chi connectivity index (χ3v) is 6.09. The number of benzene rings is 1. The van der Waals surface area contributed by atoms with Gasteiger partial charge in [0.1, 0.15) is 5.82 Å². The summed E-state index contributed by atoms with van der Waals surface area (Å²) in [4.78, 5) is 16.4. The summed E-state index contributed by atoms with van der Waals surface area (Å²) in [6.45, 7) is 9.58. The highest BCUT2D eigenvalue weighted by Crippen LogP contribution is 2.21. The Labute approximate surface area is 164 Å². The molecule has 10 heteroatoms. The number of hydrogen-bond acceptors (Lipinski definition) is 6. The quantitative estimate of drug-likeness (QED) is 0.749. The highest BCUT2D eigenvalue weighted by atomic mass is 32.2. The summed E-state index contributed by atoms with van der Waals surface area (Å²) in [6.07, 6.45) is 0. The van der Waals surface area contributed by atoms with E-state index in [1.165, 1.54) is 4.31 Å². The Hall–Kier alpha value is -2.33. The number of nitrogens with one attached hydrogen (secondary N) is 1. The summed E-state index contributed by atoms with van der Waals surface area (Å²) < 4.78 is 45.7. The van der Waals surface area contributed by atoms with Crippen molar-refractivity contribution in [3.05, 3.63) is 41.3 Å². The highest BCUT2D eigenvalue weighted by Gasteiger charge is 2.25. The minimum Gasteiger partial charge on any atom is -0.345 e. The van der Waals surface area contributed by atoms with E-state index in [1.54, 1.807) is 13.8 Å². The van der Waals surface area contributed by atoms with Gasteiger partial charge in [-0.1, -0.05) is 39.8 Å². The molecule has 0 bridgehead atoms. The van der Waals surface area contributed by atoms with Crippen LogP contribution in [0.25, 0.3) is 0 Å². The normalized spacial score (nSPS) is 12.4. The molecule has 1 aromatic carbocycles. The van der Waals surface area contributed by atoms with Crippen molar-refractivity contribution in [3.8, 4) is 0 Å². The number of amides is 1. The van der Waals surface area contributed by atoms with Gasteiger partial charge in [-0.3, -0.25) is 4.79 Å². The van der Waals surface area contributed by atoms with Crippen LogP contribution in [0.15, 0.2) is 27.6 Å². The van der Waals surface area contributed by atoms with Crippen LogP contribution < -0.4 is 5.32 Å². The lowest BCUT2D eigenvalue weighted by Crippen LogP contribution is -2.31. The van der Waals surface area contributed by atoms with E-state index in [-0.39, 0.29) is 41.3 Å². The second-order valence-corrected chi connectivity index (χ2v) is 9.12. The number of rotatable bonds is 7. The molecule has 0 radical (unpaired) electrons. The molecule has 0 aliphatic rings. The SMILES string of the molecule is CCN(CC)S(=O)(=O)c1ccc(F)c(C(=O)NCc2noc(C(C)(C)C)n2)c1. The molecule has 0 spiro atoms. The molecule has 28 heavy (non-hydrogen) atoms. The van der Waals surface area contributed by atoms with Crippen LogP contribution in [0.1, 0.15) is 56.7 Å². The van der Waals surface area contributed by atoms with Gasteiger partial charge in [-0.2, -0.15) is 9.29 Å². The van der Waals surface area contributed by atoms with Crippen molar-refractivity contribution in [1.82, 2.24) is 19.8 Å². The fourth-order valence-corrected chi connectivity index (χ4v) is 3.92. The molecule has 1 heterocycles. The first-order valence-corrected chi connectivity index (χ1v) is 10.4. The van der Waals surface area contributed by atoms with Gasteiger partial charge in [0, 0.05) is 18.5 Å².